The van der Waals surface area contributed by atoms with Crippen LogP contribution in [0.1, 0.15) is 60.0 Å². The molecule has 3 rings (SSSR count). The van der Waals surface area contributed by atoms with E-state index in [-0.39, 0.29) is 40.2 Å². The molecule has 0 saturated heterocycles. The highest BCUT2D eigenvalue weighted by atomic mass is 32.2. The van der Waals surface area contributed by atoms with Gasteiger partial charge in [0.25, 0.3) is 0 Å². The number of carbonyl (C=O) groups excluding carboxylic acids is 2. The van der Waals surface area contributed by atoms with Crippen LogP contribution in [0.15, 0.2) is 58.8 Å². The number of thiophene rings is 1. The summed E-state index contributed by atoms with van der Waals surface area (Å²) in [7, 11) is -4.09. The number of sulfonamides is 1. The number of rotatable bonds is 12. The highest BCUT2D eigenvalue weighted by Gasteiger charge is 2.30. The number of hydrogen-bond acceptors (Lipinski definition) is 6. The zero-order chi connectivity index (χ0) is 27.0. The third-order valence-electron chi connectivity index (χ3n) is 5.68. The fourth-order valence-electron chi connectivity index (χ4n) is 3.86. The highest BCUT2D eigenvalue weighted by molar-refractivity contribution is 7.91. The lowest BCUT2D eigenvalue weighted by Gasteiger charge is -2.11. The SMILES string of the molecule is CCCCOC(=O)c1c(CC(C)C)sc(S(N)(=O)=O)c1-c1ccc(CC(=O)NCc2ccccc2)cc1. The maximum absolute atomic E-state index is 13.2. The van der Waals surface area contributed by atoms with Gasteiger partial charge in [-0.3, -0.25) is 4.79 Å². The van der Waals surface area contributed by atoms with Gasteiger partial charge in [-0.15, -0.1) is 11.3 Å². The number of unbranched alkanes of at least 4 members (excludes halogenated alkanes) is 1. The van der Waals surface area contributed by atoms with Crippen molar-refractivity contribution in [2.45, 2.75) is 57.2 Å². The van der Waals surface area contributed by atoms with Crippen molar-refractivity contribution in [2.75, 3.05) is 6.61 Å². The molecule has 1 heterocycles. The van der Waals surface area contributed by atoms with E-state index in [1.54, 1.807) is 24.3 Å². The van der Waals surface area contributed by atoms with Gasteiger partial charge < -0.3 is 10.1 Å². The summed E-state index contributed by atoms with van der Waals surface area (Å²) in [5.41, 5.74) is 2.83. The number of esters is 1. The molecule has 0 aliphatic heterocycles. The molecule has 0 radical (unpaired) electrons. The molecule has 198 valence electrons. The van der Waals surface area contributed by atoms with Crippen LogP contribution in [0.4, 0.5) is 0 Å². The van der Waals surface area contributed by atoms with E-state index in [0.717, 1.165) is 28.9 Å². The lowest BCUT2D eigenvalue weighted by atomic mass is 9.98. The molecule has 2 aromatic carbocycles. The van der Waals surface area contributed by atoms with E-state index >= 15 is 0 Å². The molecule has 9 heteroatoms. The number of nitrogens with two attached hydrogens (primary N) is 1. The van der Waals surface area contributed by atoms with Crippen LogP contribution in [0.3, 0.4) is 0 Å². The van der Waals surface area contributed by atoms with Crippen molar-refractivity contribution in [1.29, 1.82) is 0 Å². The minimum atomic E-state index is -4.09. The molecule has 3 N–H and O–H groups in total. The normalized spacial score (nSPS) is 11.5. The summed E-state index contributed by atoms with van der Waals surface area (Å²) in [5, 5.41) is 8.48. The summed E-state index contributed by atoms with van der Waals surface area (Å²) in [6, 6.07) is 16.6. The molecular weight excluding hydrogens is 508 g/mol. The quantitative estimate of drug-likeness (QED) is 0.245. The molecule has 0 aliphatic rings. The average molecular weight is 543 g/mol. The number of amides is 1. The van der Waals surface area contributed by atoms with E-state index in [4.69, 9.17) is 9.88 Å². The second-order valence-electron chi connectivity index (χ2n) is 9.33. The topological polar surface area (TPSA) is 116 Å². The second kappa shape index (κ2) is 13.0. The van der Waals surface area contributed by atoms with Gasteiger partial charge in [-0.2, -0.15) is 0 Å². The van der Waals surface area contributed by atoms with E-state index in [0.29, 0.717) is 29.8 Å². The first-order valence-corrected chi connectivity index (χ1v) is 14.7. The number of hydrogen-bond donors (Lipinski definition) is 2. The summed E-state index contributed by atoms with van der Waals surface area (Å²) in [6.45, 7) is 6.69. The molecule has 3 aromatic rings. The van der Waals surface area contributed by atoms with Gasteiger partial charge in [-0.05, 0) is 35.4 Å². The van der Waals surface area contributed by atoms with Crippen molar-refractivity contribution in [3.05, 3.63) is 76.2 Å². The lowest BCUT2D eigenvalue weighted by molar-refractivity contribution is -0.120. The molecule has 0 spiro atoms. The van der Waals surface area contributed by atoms with Crippen LogP contribution in [-0.4, -0.2) is 26.9 Å². The molecule has 0 atom stereocenters. The van der Waals surface area contributed by atoms with Crippen LogP contribution in [0.2, 0.25) is 0 Å². The summed E-state index contributed by atoms with van der Waals surface area (Å²) < 4.78 is 30.5. The number of benzene rings is 2. The first-order valence-electron chi connectivity index (χ1n) is 12.4. The summed E-state index contributed by atoms with van der Waals surface area (Å²) in [5.74, 6) is -0.481. The van der Waals surface area contributed by atoms with E-state index < -0.39 is 16.0 Å². The molecule has 0 saturated carbocycles. The fraction of sp³-hybridized carbons (Fsp3) is 0.357. The molecule has 0 fully saturated rings. The minimum Gasteiger partial charge on any atom is -0.462 e. The van der Waals surface area contributed by atoms with Crippen molar-refractivity contribution < 1.29 is 22.7 Å². The summed E-state index contributed by atoms with van der Waals surface area (Å²) >= 11 is 1.03. The largest absolute Gasteiger partial charge is 0.462 e. The summed E-state index contributed by atoms with van der Waals surface area (Å²) in [4.78, 5) is 26.2. The lowest BCUT2D eigenvalue weighted by Crippen LogP contribution is -2.24. The standard InChI is InChI=1S/C28H34N2O5S2/c1-4-5-15-35-27(32)26-23(16-19(2)3)36-28(37(29,33)34)25(26)22-13-11-20(12-14-22)17-24(31)30-18-21-9-7-6-8-10-21/h6-14,19H,4-5,15-18H2,1-3H3,(H,30,31)(H2,29,33,34). The van der Waals surface area contributed by atoms with E-state index in [2.05, 4.69) is 5.32 Å². The number of primary sulfonamides is 1. The van der Waals surface area contributed by atoms with E-state index in [1.807, 2.05) is 51.1 Å². The van der Waals surface area contributed by atoms with Gasteiger partial charge in [0.2, 0.25) is 15.9 Å². The smallest absolute Gasteiger partial charge is 0.339 e. The monoisotopic (exact) mass is 542 g/mol. The molecule has 7 nitrogen and oxygen atoms in total. The Bertz CT molecular complexity index is 1310. The zero-order valence-electron chi connectivity index (χ0n) is 21.5. The Morgan fingerprint density at radius 1 is 1.03 bits per heavy atom. The van der Waals surface area contributed by atoms with Gasteiger partial charge in [0.1, 0.15) is 4.21 Å². The molecule has 0 bridgehead atoms. The van der Waals surface area contributed by atoms with Gasteiger partial charge in [0, 0.05) is 17.0 Å². The zero-order valence-corrected chi connectivity index (χ0v) is 23.1. The van der Waals surface area contributed by atoms with Crippen LogP contribution in [0.25, 0.3) is 11.1 Å². The maximum atomic E-state index is 13.2. The first-order chi connectivity index (χ1) is 17.6. The molecular formula is C28H34N2O5S2. The number of carbonyl (C=O) groups is 2. The maximum Gasteiger partial charge on any atom is 0.339 e. The van der Waals surface area contributed by atoms with Crippen molar-refractivity contribution >= 4 is 33.2 Å². The van der Waals surface area contributed by atoms with E-state index in [1.165, 1.54) is 0 Å². The predicted molar refractivity (Wildman–Crippen MR) is 147 cm³/mol. The van der Waals surface area contributed by atoms with Gasteiger partial charge in [0.15, 0.2) is 0 Å². The van der Waals surface area contributed by atoms with Gasteiger partial charge >= 0.3 is 5.97 Å². The van der Waals surface area contributed by atoms with Gasteiger partial charge in [0.05, 0.1) is 18.6 Å². The predicted octanol–water partition coefficient (Wildman–Crippen LogP) is 5.08. The van der Waals surface area contributed by atoms with Gasteiger partial charge in [-0.1, -0.05) is 81.8 Å². The highest BCUT2D eigenvalue weighted by Crippen LogP contribution is 2.41. The van der Waals surface area contributed by atoms with Crippen LogP contribution in [0.5, 0.6) is 0 Å². The van der Waals surface area contributed by atoms with Crippen LogP contribution in [0, 0.1) is 5.92 Å². The van der Waals surface area contributed by atoms with Crippen molar-refractivity contribution in [3.8, 4) is 11.1 Å². The van der Waals surface area contributed by atoms with E-state index in [9.17, 15) is 18.0 Å². The Balaban J connectivity index is 1.90. The van der Waals surface area contributed by atoms with Crippen LogP contribution < -0.4 is 10.5 Å². The van der Waals surface area contributed by atoms with Crippen molar-refractivity contribution in [3.63, 3.8) is 0 Å². The minimum absolute atomic E-state index is 0.0565. The first kappa shape index (κ1) is 28.6. The Labute approximate surface area is 223 Å². The second-order valence-corrected chi connectivity index (χ2v) is 12.2. The third kappa shape index (κ3) is 7.99. The Kier molecular flexibility index (Phi) is 10.0. The van der Waals surface area contributed by atoms with Crippen molar-refractivity contribution in [2.24, 2.45) is 11.1 Å². The fourth-order valence-corrected chi connectivity index (χ4v) is 6.38. The molecule has 37 heavy (non-hydrogen) atoms. The number of ether oxygens (including phenoxy) is 1. The van der Waals surface area contributed by atoms with Crippen LogP contribution in [-0.2, 0) is 38.9 Å². The number of nitrogens with one attached hydrogen (secondary N) is 1. The third-order valence-corrected chi connectivity index (χ3v) is 8.35. The van der Waals surface area contributed by atoms with Crippen molar-refractivity contribution in [1.82, 2.24) is 5.32 Å². The Morgan fingerprint density at radius 2 is 1.70 bits per heavy atom. The Morgan fingerprint density at radius 3 is 2.30 bits per heavy atom. The van der Waals surface area contributed by atoms with Crippen LogP contribution >= 0.6 is 11.3 Å². The summed E-state index contributed by atoms with van der Waals surface area (Å²) in [6.07, 6.45) is 2.27. The molecule has 1 aromatic heterocycles. The molecule has 1 amide bonds. The molecule has 0 unspecified atom stereocenters. The molecule has 0 aliphatic carbocycles. The Hall–Kier alpha value is -3.01. The average Bonchev–Trinajstić information content (AvgIpc) is 3.23. The van der Waals surface area contributed by atoms with Gasteiger partial charge in [-0.25, -0.2) is 18.4 Å².